The standard InChI is InChI=1S/C14H18ClN3O3S/c1-10(2)18-8-14(16-9-18)22(20,21)17-7-13(19)11-5-3-4-6-12(11)15/h3-6,8-10,13,17,19H,7H2,1-2H3. The predicted molar refractivity (Wildman–Crippen MR) is 84.2 cm³/mol. The molecule has 6 nitrogen and oxygen atoms in total. The third-order valence-corrected chi connectivity index (χ3v) is 4.83. The van der Waals surface area contributed by atoms with Crippen LogP contribution in [0.1, 0.15) is 31.6 Å². The second-order valence-corrected chi connectivity index (χ2v) is 7.26. The van der Waals surface area contributed by atoms with E-state index in [4.69, 9.17) is 11.6 Å². The molecule has 1 aromatic carbocycles. The van der Waals surface area contributed by atoms with E-state index in [-0.39, 0.29) is 17.6 Å². The SMILES string of the molecule is CC(C)n1cnc(S(=O)(=O)NCC(O)c2ccccc2Cl)c1. The fraction of sp³-hybridized carbons (Fsp3) is 0.357. The highest BCUT2D eigenvalue weighted by molar-refractivity contribution is 7.89. The van der Waals surface area contributed by atoms with Crippen molar-refractivity contribution in [2.75, 3.05) is 6.54 Å². The number of nitrogens with zero attached hydrogens (tertiary/aromatic N) is 2. The summed E-state index contributed by atoms with van der Waals surface area (Å²) in [7, 11) is -3.77. The summed E-state index contributed by atoms with van der Waals surface area (Å²) in [6.07, 6.45) is 1.88. The van der Waals surface area contributed by atoms with Crippen molar-refractivity contribution in [1.82, 2.24) is 14.3 Å². The second-order valence-electron chi connectivity index (χ2n) is 5.14. The van der Waals surface area contributed by atoms with Gasteiger partial charge in [0.2, 0.25) is 0 Å². The van der Waals surface area contributed by atoms with E-state index >= 15 is 0 Å². The number of aliphatic hydroxyl groups excluding tert-OH is 1. The van der Waals surface area contributed by atoms with Crippen LogP contribution >= 0.6 is 11.6 Å². The smallest absolute Gasteiger partial charge is 0.259 e. The van der Waals surface area contributed by atoms with Crippen LogP contribution in [0.3, 0.4) is 0 Å². The molecule has 0 saturated carbocycles. The molecule has 0 aliphatic rings. The van der Waals surface area contributed by atoms with Gasteiger partial charge in [0.15, 0.2) is 5.03 Å². The van der Waals surface area contributed by atoms with Crippen molar-refractivity contribution < 1.29 is 13.5 Å². The van der Waals surface area contributed by atoms with Crippen LogP contribution in [0.4, 0.5) is 0 Å². The second kappa shape index (κ2) is 6.78. The monoisotopic (exact) mass is 343 g/mol. The summed E-state index contributed by atoms with van der Waals surface area (Å²) in [6.45, 7) is 3.67. The maximum atomic E-state index is 12.2. The van der Waals surface area contributed by atoms with Crippen LogP contribution in [0, 0.1) is 0 Å². The van der Waals surface area contributed by atoms with Gasteiger partial charge in [0.25, 0.3) is 10.0 Å². The van der Waals surface area contributed by atoms with Crippen LogP contribution in [0.25, 0.3) is 0 Å². The molecule has 0 fully saturated rings. The number of hydrogen-bond donors (Lipinski definition) is 2. The van der Waals surface area contributed by atoms with E-state index < -0.39 is 16.1 Å². The third-order valence-electron chi connectivity index (χ3n) is 3.18. The largest absolute Gasteiger partial charge is 0.387 e. The molecule has 1 aromatic heterocycles. The van der Waals surface area contributed by atoms with Gasteiger partial charge in [0, 0.05) is 29.4 Å². The Morgan fingerprint density at radius 1 is 1.36 bits per heavy atom. The molecule has 0 aliphatic carbocycles. The van der Waals surface area contributed by atoms with E-state index in [1.54, 1.807) is 28.8 Å². The number of aromatic nitrogens is 2. The first-order chi connectivity index (χ1) is 10.3. The molecule has 0 bridgehead atoms. The van der Waals surface area contributed by atoms with Crippen LogP contribution in [-0.4, -0.2) is 29.6 Å². The predicted octanol–water partition coefficient (Wildman–Crippen LogP) is 2.13. The van der Waals surface area contributed by atoms with Gasteiger partial charge in [0.1, 0.15) is 0 Å². The van der Waals surface area contributed by atoms with Gasteiger partial charge in [-0.05, 0) is 19.9 Å². The van der Waals surface area contributed by atoms with Gasteiger partial charge < -0.3 is 9.67 Å². The Balaban J connectivity index is 2.07. The highest BCUT2D eigenvalue weighted by atomic mass is 35.5. The number of aliphatic hydroxyl groups is 1. The number of rotatable bonds is 6. The number of sulfonamides is 1. The summed E-state index contributed by atoms with van der Waals surface area (Å²) in [5, 5.41) is 10.4. The average Bonchev–Trinajstić information content (AvgIpc) is 2.96. The summed E-state index contributed by atoms with van der Waals surface area (Å²) in [6, 6.07) is 6.86. The summed E-state index contributed by atoms with van der Waals surface area (Å²) < 4.78 is 28.3. The molecule has 0 saturated heterocycles. The molecular weight excluding hydrogens is 326 g/mol. The summed E-state index contributed by atoms with van der Waals surface area (Å²) >= 11 is 5.97. The molecular formula is C14H18ClN3O3S. The Labute approximate surface area is 134 Å². The molecule has 1 heterocycles. The van der Waals surface area contributed by atoms with Gasteiger partial charge in [-0.25, -0.2) is 18.1 Å². The van der Waals surface area contributed by atoms with E-state index in [1.807, 2.05) is 13.8 Å². The van der Waals surface area contributed by atoms with Crippen molar-refractivity contribution in [3.05, 3.63) is 47.4 Å². The molecule has 0 radical (unpaired) electrons. The molecule has 22 heavy (non-hydrogen) atoms. The van der Waals surface area contributed by atoms with Crippen LogP contribution in [-0.2, 0) is 10.0 Å². The first-order valence-corrected chi connectivity index (χ1v) is 8.63. The number of hydrogen-bond acceptors (Lipinski definition) is 4. The Morgan fingerprint density at radius 2 is 2.05 bits per heavy atom. The summed E-state index contributed by atoms with van der Waals surface area (Å²) in [5.74, 6) is 0. The molecule has 2 aromatic rings. The van der Waals surface area contributed by atoms with Gasteiger partial charge >= 0.3 is 0 Å². The van der Waals surface area contributed by atoms with E-state index in [9.17, 15) is 13.5 Å². The van der Waals surface area contributed by atoms with Crippen molar-refractivity contribution >= 4 is 21.6 Å². The normalized spacial score (nSPS) is 13.5. The van der Waals surface area contributed by atoms with Crippen molar-refractivity contribution in [3.63, 3.8) is 0 Å². The number of imidazole rings is 1. The number of halogens is 1. The molecule has 2 N–H and O–H groups in total. The first-order valence-electron chi connectivity index (χ1n) is 6.77. The lowest BCUT2D eigenvalue weighted by atomic mass is 10.1. The van der Waals surface area contributed by atoms with E-state index in [0.29, 0.717) is 10.6 Å². The van der Waals surface area contributed by atoms with Crippen LogP contribution in [0.15, 0.2) is 41.8 Å². The van der Waals surface area contributed by atoms with E-state index in [2.05, 4.69) is 9.71 Å². The topological polar surface area (TPSA) is 84.2 Å². The molecule has 0 spiro atoms. The Morgan fingerprint density at radius 3 is 2.64 bits per heavy atom. The molecule has 0 amide bonds. The lowest BCUT2D eigenvalue weighted by molar-refractivity contribution is 0.182. The highest BCUT2D eigenvalue weighted by Gasteiger charge is 2.20. The highest BCUT2D eigenvalue weighted by Crippen LogP contribution is 2.22. The fourth-order valence-corrected chi connectivity index (χ4v) is 3.09. The van der Waals surface area contributed by atoms with Crippen molar-refractivity contribution in [2.45, 2.75) is 31.0 Å². The Bertz CT molecular complexity index is 743. The zero-order valence-corrected chi connectivity index (χ0v) is 13.8. The zero-order chi connectivity index (χ0) is 16.3. The first kappa shape index (κ1) is 17.0. The lowest BCUT2D eigenvalue weighted by Gasteiger charge is -2.13. The quantitative estimate of drug-likeness (QED) is 0.841. The van der Waals surface area contributed by atoms with Gasteiger partial charge in [0.05, 0.1) is 12.4 Å². The maximum Gasteiger partial charge on any atom is 0.259 e. The molecule has 1 atom stereocenters. The minimum Gasteiger partial charge on any atom is -0.387 e. The maximum absolute atomic E-state index is 12.2. The lowest BCUT2D eigenvalue weighted by Crippen LogP contribution is -2.29. The van der Waals surface area contributed by atoms with Crippen molar-refractivity contribution in [2.24, 2.45) is 0 Å². The van der Waals surface area contributed by atoms with Gasteiger partial charge in [-0.1, -0.05) is 29.8 Å². The van der Waals surface area contributed by atoms with Crippen LogP contribution in [0.5, 0.6) is 0 Å². The molecule has 120 valence electrons. The number of benzene rings is 1. The average molecular weight is 344 g/mol. The van der Waals surface area contributed by atoms with Crippen molar-refractivity contribution in [1.29, 1.82) is 0 Å². The molecule has 1 unspecified atom stereocenters. The van der Waals surface area contributed by atoms with Gasteiger partial charge in [-0.3, -0.25) is 0 Å². The third kappa shape index (κ3) is 3.86. The van der Waals surface area contributed by atoms with Crippen LogP contribution < -0.4 is 4.72 Å². The zero-order valence-electron chi connectivity index (χ0n) is 12.3. The number of nitrogens with one attached hydrogen (secondary N) is 1. The van der Waals surface area contributed by atoms with Gasteiger partial charge in [-0.15, -0.1) is 0 Å². The minimum atomic E-state index is -3.77. The van der Waals surface area contributed by atoms with Crippen LogP contribution in [0.2, 0.25) is 5.02 Å². The minimum absolute atomic E-state index is 0.0763. The van der Waals surface area contributed by atoms with E-state index in [1.165, 1.54) is 12.5 Å². The summed E-state index contributed by atoms with van der Waals surface area (Å²) in [4.78, 5) is 3.88. The molecule has 0 aliphatic heterocycles. The fourth-order valence-electron chi connectivity index (χ4n) is 1.86. The van der Waals surface area contributed by atoms with E-state index in [0.717, 1.165) is 0 Å². The molecule has 2 rings (SSSR count). The van der Waals surface area contributed by atoms with Gasteiger partial charge in [-0.2, -0.15) is 0 Å². The summed E-state index contributed by atoms with van der Waals surface area (Å²) in [5.41, 5.74) is 0.472. The Hall–Kier alpha value is -1.41. The molecule has 8 heteroatoms. The Kier molecular flexibility index (Phi) is 5.23. The van der Waals surface area contributed by atoms with Crippen molar-refractivity contribution in [3.8, 4) is 0 Å².